The van der Waals surface area contributed by atoms with Crippen LogP contribution in [0.15, 0.2) is 41.3 Å². The van der Waals surface area contributed by atoms with E-state index in [4.69, 9.17) is 4.74 Å². The fourth-order valence-electron chi connectivity index (χ4n) is 1.84. The van der Waals surface area contributed by atoms with Gasteiger partial charge < -0.3 is 9.47 Å². The first kappa shape index (κ1) is 19.9. The molecule has 7 nitrogen and oxygen atoms in total. The highest BCUT2D eigenvalue weighted by atomic mass is 32.2. The minimum absolute atomic E-state index is 0.0958. The maximum atomic E-state index is 12.4. The van der Waals surface area contributed by atoms with E-state index < -0.39 is 34.1 Å². The summed E-state index contributed by atoms with van der Waals surface area (Å²) in [5.41, 5.74) is 0.931. The number of carbonyl (C=O) groups excluding carboxylic acids is 2. The Hall–Kier alpha value is -2.19. The zero-order chi connectivity index (χ0) is 18.3. The second-order valence-corrected chi connectivity index (χ2v) is 6.89. The van der Waals surface area contributed by atoms with Crippen LogP contribution in [0, 0.1) is 6.92 Å². The molecule has 0 unspecified atom stereocenters. The molecule has 0 saturated carbocycles. The van der Waals surface area contributed by atoms with Gasteiger partial charge in [-0.05, 0) is 32.1 Å². The summed E-state index contributed by atoms with van der Waals surface area (Å²) >= 11 is 0. The number of hydrogen-bond acceptors (Lipinski definition) is 6. The Kier molecular flexibility index (Phi) is 7.12. The van der Waals surface area contributed by atoms with Gasteiger partial charge in [0.05, 0.1) is 18.0 Å². The molecular formula is C16H21NO6S. The Balaban J connectivity index is 2.95. The van der Waals surface area contributed by atoms with Gasteiger partial charge in [0.25, 0.3) is 0 Å². The molecule has 1 N–H and O–H groups in total. The van der Waals surface area contributed by atoms with Gasteiger partial charge in [-0.1, -0.05) is 17.7 Å². The number of rotatable bonds is 7. The van der Waals surface area contributed by atoms with Crippen LogP contribution in [0.4, 0.5) is 0 Å². The zero-order valence-corrected chi connectivity index (χ0v) is 14.8. The van der Waals surface area contributed by atoms with E-state index >= 15 is 0 Å². The third-order valence-corrected chi connectivity index (χ3v) is 4.67. The molecule has 132 valence electrons. The molecule has 8 heteroatoms. The lowest BCUT2D eigenvalue weighted by Crippen LogP contribution is -2.42. The zero-order valence-electron chi connectivity index (χ0n) is 14.0. The molecule has 0 radical (unpaired) electrons. The number of aryl methyl sites for hydroxylation is 1. The van der Waals surface area contributed by atoms with Crippen LogP contribution in [0.1, 0.15) is 19.4 Å². The van der Waals surface area contributed by atoms with Crippen LogP contribution in [0.2, 0.25) is 0 Å². The van der Waals surface area contributed by atoms with Crippen molar-refractivity contribution < 1.29 is 27.5 Å². The third kappa shape index (κ3) is 6.13. The molecule has 0 heterocycles. The fourth-order valence-corrected chi connectivity index (χ4v) is 3.09. The summed E-state index contributed by atoms with van der Waals surface area (Å²) in [7, 11) is -2.59. The second kappa shape index (κ2) is 8.60. The number of esters is 2. The van der Waals surface area contributed by atoms with Crippen molar-refractivity contribution in [3.05, 3.63) is 42.0 Å². The normalized spacial score (nSPS) is 14.2. The quantitative estimate of drug-likeness (QED) is 0.585. The van der Waals surface area contributed by atoms with E-state index in [0.717, 1.165) is 11.6 Å². The van der Waals surface area contributed by atoms with E-state index in [9.17, 15) is 18.0 Å². The van der Waals surface area contributed by atoms with Crippen LogP contribution in [0.3, 0.4) is 0 Å². The van der Waals surface area contributed by atoms with E-state index in [1.807, 2.05) is 6.92 Å². The fraction of sp³-hybridized carbons (Fsp3) is 0.375. The molecule has 0 fully saturated rings. The van der Waals surface area contributed by atoms with E-state index in [1.54, 1.807) is 12.1 Å². The van der Waals surface area contributed by atoms with E-state index in [1.165, 1.54) is 39.2 Å². The highest BCUT2D eigenvalue weighted by molar-refractivity contribution is 7.89. The standard InChI is InChI=1S/C16H21NO6S/c1-11-5-7-14(8-6-11)24(20,21)17-12(2)15(23-13(3)18)9-10-16(19)22-4/h5-10,12,15,17H,1-4H3/b10-9+/t12-,15-/m0/s1. The van der Waals surface area contributed by atoms with Crippen molar-refractivity contribution in [2.75, 3.05) is 7.11 Å². The highest BCUT2D eigenvalue weighted by Gasteiger charge is 2.24. The number of nitrogens with one attached hydrogen (secondary N) is 1. The molecule has 0 spiro atoms. The number of sulfonamides is 1. The molecule has 0 aliphatic rings. The Bertz CT molecular complexity index is 709. The van der Waals surface area contributed by atoms with Gasteiger partial charge >= 0.3 is 11.9 Å². The topological polar surface area (TPSA) is 98.8 Å². The lowest BCUT2D eigenvalue weighted by atomic mass is 10.2. The van der Waals surface area contributed by atoms with Gasteiger partial charge in [-0.2, -0.15) is 0 Å². The van der Waals surface area contributed by atoms with Crippen LogP contribution < -0.4 is 4.72 Å². The predicted molar refractivity (Wildman–Crippen MR) is 87.7 cm³/mol. The summed E-state index contributed by atoms with van der Waals surface area (Å²) in [5, 5.41) is 0. The Morgan fingerprint density at radius 3 is 2.29 bits per heavy atom. The average Bonchev–Trinajstić information content (AvgIpc) is 2.50. The summed E-state index contributed by atoms with van der Waals surface area (Å²) in [5.74, 6) is -1.24. The van der Waals surface area contributed by atoms with Crippen molar-refractivity contribution in [1.29, 1.82) is 0 Å². The van der Waals surface area contributed by atoms with Crippen LogP contribution in [-0.2, 0) is 29.1 Å². The molecule has 1 aromatic carbocycles. The van der Waals surface area contributed by atoms with Crippen molar-refractivity contribution in [3.8, 4) is 0 Å². The molecule has 1 aromatic rings. The van der Waals surface area contributed by atoms with Crippen LogP contribution >= 0.6 is 0 Å². The van der Waals surface area contributed by atoms with Gasteiger partial charge in [0.15, 0.2) is 0 Å². The number of carbonyl (C=O) groups is 2. The molecule has 0 aromatic heterocycles. The highest BCUT2D eigenvalue weighted by Crippen LogP contribution is 2.12. The van der Waals surface area contributed by atoms with Gasteiger partial charge in [0.1, 0.15) is 6.10 Å². The molecule has 24 heavy (non-hydrogen) atoms. The smallest absolute Gasteiger partial charge is 0.330 e. The van der Waals surface area contributed by atoms with Crippen molar-refractivity contribution in [3.63, 3.8) is 0 Å². The number of ether oxygens (including phenoxy) is 2. The lowest BCUT2D eigenvalue weighted by molar-refractivity contribution is -0.145. The minimum Gasteiger partial charge on any atom is -0.466 e. The Labute approximate surface area is 141 Å². The molecule has 0 bridgehead atoms. The first-order valence-electron chi connectivity index (χ1n) is 7.18. The first-order chi connectivity index (χ1) is 11.2. The van der Waals surface area contributed by atoms with E-state index in [0.29, 0.717) is 0 Å². The molecule has 0 amide bonds. The number of methoxy groups -OCH3 is 1. The van der Waals surface area contributed by atoms with Crippen molar-refractivity contribution in [2.45, 2.75) is 37.8 Å². The SMILES string of the molecule is COC(=O)/C=C/[C@H](OC(C)=O)[C@H](C)NS(=O)(=O)c1ccc(C)cc1. The largest absolute Gasteiger partial charge is 0.466 e. The van der Waals surface area contributed by atoms with Crippen molar-refractivity contribution >= 4 is 22.0 Å². The summed E-state index contributed by atoms with van der Waals surface area (Å²) < 4.78 is 36.7. The summed E-state index contributed by atoms with van der Waals surface area (Å²) in [6.45, 7) is 4.57. The molecule has 0 aliphatic heterocycles. The molecule has 0 aliphatic carbocycles. The van der Waals surface area contributed by atoms with Crippen LogP contribution in [-0.4, -0.2) is 39.6 Å². The Morgan fingerprint density at radius 1 is 1.21 bits per heavy atom. The average molecular weight is 355 g/mol. The van der Waals surface area contributed by atoms with Gasteiger partial charge in [0.2, 0.25) is 10.0 Å². The first-order valence-corrected chi connectivity index (χ1v) is 8.66. The molecular weight excluding hydrogens is 334 g/mol. The predicted octanol–water partition coefficient (Wildman–Crippen LogP) is 1.32. The van der Waals surface area contributed by atoms with Crippen molar-refractivity contribution in [1.82, 2.24) is 4.72 Å². The second-order valence-electron chi connectivity index (χ2n) is 5.18. The lowest BCUT2D eigenvalue weighted by Gasteiger charge is -2.21. The van der Waals surface area contributed by atoms with Crippen LogP contribution in [0.25, 0.3) is 0 Å². The van der Waals surface area contributed by atoms with Gasteiger partial charge in [-0.3, -0.25) is 4.79 Å². The maximum absolute atomic E-state index is 12.4. The summed E-state index contributed by atoms with van der Waals surface area (Å²) in [6, 6.07) is 5.53. The van der Waals surface area contributed by atoms with Gasteiger partial charge in [0, 0.05) is 13.0 Å². The van der Waals surface area contributed by atoms with Crippen LogP contribution in [0.5, 0.6) is 0 Å². The number of benzene rings is 1. The maximum Gasteiger partial charge on any atom is 0.330 e. The van der Waals surface area contributed by atoms with Crippen molar-refractivity contribution in [2.24, 2.45) is 0 Å². The summed E-state index contributed by atoms with van der Waals surface area (Å²) in [6.07, 6.45) is 1.39. The van der Waals surface area contributed by atoms with Gasteiger partial charge in [-0.25, -0.2) is 17.9 Å². The van der Waals surface area contributed by atoms with E-state index in [2.05, 4.69) is 9.46 Å². The third-order valence-electron chi connectivity index (χ3n) is 3.09. The Morgan fingerprint density at radius 2 is 1.79 bits per heavy atom. The monoisotopic (exact) mass is 355 g/mol. The number of hydrogen-bond donors (Lipinski definition) is 1. The molecule has 1 rings (SSSR count). The minimum atomic E-state index is -3.79. The molecule has 0 saturated heterocycles. The van der Waals surface area contributed by atoms with E-state index in [-0.39, 0.29) is 4.90 Å². The molecule has 2 atom stereocenters. The summed E-state index contributed by atoms with van der Waals surface area (Å²) in [4.78, 5) is 22.5. The van der Waals surface area contributed by atoms with Gasteiger partial charge in [-0.15, -0.1) is 0 Å².